The molecule has 10 heteroatoms. The van der Waals surface area contributed by atoms with Crippen LogP contribution in [0.15, 0.2) is 72.8 Å². The molecule has 0 heterocycles. The van der Waals surface area contributed by atoms with Crippen LogP contribution in [-0.2, 0) is 41.7 Å². The van der Waals surface area contributed by atoms with E-state index in [2.05, 4.69) is 5.32 Å². The van der Waals surface area contributed by atoms with Gasteiger partial charge in [-0.1, -0.05) is 78.4 Å². The molecule has 0 aliphatic carbocycles. The average Bonchev–Trinajstić information content (AvgIpc) is 3.01. The zero-order valence-electron chi connectivity index (χ0n) is 25.9. The van der Waals surface area contributed by atoms with Crippen LogP contribution in [0.1, 0.15) is 57.4 Å². The number of nitrogens with one attached hydrogen (secondary N) is 1. The first-order chi connectivity index (χ1) is 21.5. The Bertz CT molecular complexity index is 1470. The number of nitrogens with two attached hydrogens (primary N) is 2. The number of benzene rings is 3. The Kier molecular flexibility index (Phi) is 13.1. The molecular formula is C35H41N3O7. The predicted molar refractivity (Wildman–Crippen MR) is 169 cm³/mol. The zero-order valence-corrected chi connectivity index (χ0v) is 25.9. The number of unbranched alkanes of at least 4 members (excludes halogenated alkanes) is 1. The quantitative estimate of drug-likeness (QED) is 0.0948. The molecule has 238 valence electrons. The molecule has 0 saturated heterocycles. The Morgan fingerprint density at radius 1 is 0.822 bits per heavy atom. The standard InChI is InChI=1S/C35H41N3O7/c1-22-18-23(2)29(24(3)19-22)34(42)45-32(31(40)35(43)44-21-26-14-8-5-9-15-26)30(39)28(16-10-11-17-36)38-33(41)27(37)20-25-12-6-4-7-13-25/h4-9,12-15,18-19,27-28,32H,10-11,16-17,20-21,36-37H2,1-3H3,(H,38,41)/t27-,28-,32?/m0/s1. The molecule has 0 aromatic heterocycles. The summed E-state index contributed by atoms with van der Waals surface area (Å²) in [5, 5.41) is 2.62. The van der Waals surface area contributed by atoms with Gasteiger partial charge in [0.15, 0.2) is 0 Å². The van der Waals surface area contributed by atoms with Gasteiger partial charge in [0.25, 0.3) is 5.78 Å². The lowest BCUT2D eigenvalue weighted by Crippen LogP contribution is -2.54. The maximum Gasteiger partial charge on any atom is 0.379 e. The van der Waals surface area contributed by atoms with Gasteiger partial charge in [-0.3, -0.25) is 14.4 Å². The lowest BCUT2D eigenvalue weighted by Gasteiger charge is -2.24. The normalized spacial score (nSPS) is 12.8. The minimum Gasteiger partial charge on any atom is -0.455 e. The molecular weight excluding hydrogens is 574 g/mol. The van der Waals surface area contributed by atoms with E-state index in [1.165, 1.54) is 0 Å². The van der Waals surface area contributed by atoms with Gasteiger partial charge >= 0.3 is 11.9 Å². The molecule has 0 saturated carbocycles. The first-order valence-electron chi connectivity index (χ1n) is 14.9. The zero-order chi connectivity index (χ0) is 32.9. The molecule has 0 fully saturated rings. The number of carbonyl (C=O) groups excluding carboxylic acids is 5. The van der Waals surface area contributed by atoms with Crippen molar-refractivity contribution in [2.75, 3.05) is 6.54 Å². The van der Waals surface area contributed by atoms with Crippen molar-refractivity contribution in [3.63, 3.8) is 0 Å². The Labute approximate surface area is 263 Å². The highest BCUT2D eigenvalue weighted by Crippen LogP contribution is 2.20. The van der Waals surface area contributed by atoms with Crippen LogP contribution in [0.5, 0.6) is 0 Å². The van der Waals surface area contributed by atoms with Gasteiger partial charge in [-0.25, -0.2) is 9.59 Å². The van der Waals surface area contributed by atoms with Crippen molar-refractivity contribution < 1.29 is 33.4 Å². The fraction of sp³-hybridized carbons (Fsp3) is 0.343. The van der Waals surface area contributed by atoms with E-state index in [0.717, 1.165) is 11.1 Å². The Morgan fingerprint density at radius 2 is 1.40 bits per heavy atom. The predicted octanol–water partition coefficient (Wildman–Crippen LogP) is 3.20. The van der Waals surface area contributed by atoms with Gasteiger partial charge in [0.05, 0.1) is 17.6 Å². The molecule has 3 rings (SSSR count). The summed E-state index contributed by atoms with van der Waals surface area (Å²) in [6.45, 7) is 5.37. The number of amides is 1. The van der Waals surface area contributed by atoms with Crippen molar-refractivity contribution in [3.8, 4) is 0 Å². The van der Waals surface area contributed by atoms with Gasteiger partial charge in [0, 0.05) is 0 Å². The maximum absolute atomic E-state index is 14.0. The van der Waals surface area contributed by atoms with Crippen molar-refractivity contribution in [3.05, 3.63) is 106 Å². The molecule has 3 atom stereocenters. The average molecular weight is 616 g/mol. The summed E-state index contributed by atoms with van der Waals surface area (Å²) in [7, 11) is 0. The minimum absolute atomic E-state index is 0.0722. The first kappa shape index (κ1) is 34.8. The van der Waals surface area contributed by atoms with Gasteiger partial charge in [-0.05, 0) is 75.3 Å². The van der Waals surface area contributed by atoms with Gasteiger partial charge in [-0.2, -0.15) is 0 Å². The van der Waals surface area contributed by atoms with Crippen molar-refractivity contribution >= 4 is 29.4 Å². The summed E-state index contributed by atoms with van der Waals surface area (Å²) >= 11 is 0. The summed E-state index contributed by atoms with van der Waals surface area (Å²) in [5.74, 6) is -5.28. The highest BCUT2D eigenvalue weighted by molar-refractivity contribution is 6.40. The number of Topliss-reactive ketones (excluding diaryl/α,β-unsaturated/α-hetero) is 2. The molecule has 45 heavy (non-hydrogen) atoms. The molecule has 1 unspecified atom stereocenters. The molecule has 0 radical (unpaired) electrons. The maximum atomic E-state index is 14.0. The van der Waals surface area contributed by atoms with Crippen LogP contribution >= 0.6 is 0 Å². The van der Waals surface area contributed by atoms with E-state index >= 15 is 0 Å². The number of ketones is 2. The van der Waals surface area contributed by atoms with E-state index in [0.29, 0.717) is 36.1 Å². The molecule has 0 bridgehead atoms. The molecule has 3 aromatic rings. The summed E-state index contributed by atoms with van der Waals surface area (Å²) in [5.41, 5.74) is 15.5. The third kappa shape index (κ3) is 10.2. The smallest absolute Gasteiger partial charge is 0.379 e. The lowest BCUT2D eigenvalue weighted by atomic mass is 9.97. The number of aryl methyl sites for hydroxylation is 3. The van der Waals surface area contributed by atoms with Crippen molar-refractivity contribution in [1.82, 2.24) is 5.32 Å². The van der Waals surface area contributed by atoms with E-state index in [1.54, 1.807) is 56.3 Å². The molecule has 3 aromatic carbocycles. The lowest BCUT2D eigenvalue weighted by molar-refractivity contribution is -0.161. The Hall–Kier alpha value is -4.67. The van der Waals surface area contributed by atoms with E-state index in [4.69, 9.17) is 20.9 Å². The largest absolute Gasteiger partial charge is 0.455 e. The van der Waals surface area contributed by atoms with E-state index in [9.17, 15) is 24.0 Å². The van der Waals surface area contributed by atoms with Crippen molar-refractivity contribution in [1.29, 1.82) is 0 Å². The minimum atomic E-state index is -2.17. The van der Waals surface area contributed by atoms with Gasteiger partial charge < -0.3 is 26.3 Å². The summed E-state index contributed by atoms with van der Waals surface area (Å²) in [6, 6.07) is 19.0. The second-order valence-corrected chi connectivity index (χ2v) is 11.0. The topological polar surface area (TPSA) is 168 Å². The Morgan fingerprint density at radius 3 is 1.98 bits per heavy atom. The molecule has 5 N–H and O–H groups in total. The van der Waals surface area contributed by atoms with E-state index in [1.807, 2.05) is 37.3 Å². The van der Waals surface area contributed by atoms with Crippen LogP contribution in [0.25, 0.3) is 0 Å². The van der Waals surface area contributed by atoms with Crippen LogP contribution < -0.4 is 16.8 Å². The molecule has 0 aliphatic heterocycles. The van der Waals surface area contributed by atoms with Crippen LogP contribution in [0.2, 0.25) is 0 Å². The second-order valence-electron chi connectivity index (χ2n) is 11.0. The number of hydrogen-bond acceptors (Lipinski definition) is 9. The van der Waals surface area contributed by atoms with Gasteiger partial charge in [-0.15, -0.1) is 0 Å². The number of carbonyl (C=O) groups is 5. The fourth-order valence-electron chi connectivity index (χ4n) is 5.01. The van der Waals surface area contributed by atoms with Crippen LogP contribution in [-0.4, -0.2) is 54.1 Å². The third-order valence-electron chi connectivity index (χ3n) is 7.26. The highest BCUT2D eigenvalue weighted by atomic mass is 16.6. The molecule has 10 nitrogen and oxygen atoms in total. The second kappa shape index (κ2) is 17.0. The number of rotatable bonds is 16. The first-order valence-corrected chi connectivity index (χ1v) is 14.9. The van der Waals surface area contributed by atoms with Crippen molar-refractivity contribution in [2.24, 2.45) is 11.5 Å². The van der Waals surface area contributed by atoms with Crippen LogP contribution in [0.3, 0.4) is 0 Å². The van der Waals surface area contributed by atoms with E-state index in [-0.39, 0.29) is 25.0 Å². The molecule has 0 spiro atoms. The highest BCUT2D eigenvalue weighted by Gasteiger charge is 2.41. The third-order valence-corrected chi connectivity index (χ3v) is 7.26. The number of hydrogen-bond donors (Lipinski definition) is 3. The number of ether oxygens (including phenoxy) is 2. The monoisotopic (exact) mass is 615 g/mol. The Balaban J connectivity index is 1.89. The fourth-order valence-corrected chi connectivity index (χ4v) is 5.01. The van der Waals surface area contributed by atoms with Crippen molar-refractivity contribution in [2.45, 2.75) is 71.2 Å². The summed E-state index contributed by atoms with van der Waals surface area (Å²) in [6.07, 6.45) is -0.970. The molecule has 1 amide bonds. The van der Waals surface area contributed by atoms with Crippen LogP contribution in [0.4, 0.5) is 0 Å². The van der Waals surface area contributed by atoms with Gasteiger partial charge in [0.2, 0.25) is 17.8 Å². The summed E-state index contributed by atoms with van der Waals surface area (Å²) < 4.78 is 10.7. The summed E-state index contributed by atoms with van der Waals surface area (Å²) in [4.78, 5) is 67.0. The number of esters is 2. The SMILES string of the molecule is Cc1cc(C)c(C(=O)OC(C(=O)C(=O)OCc2ccccc2)C(=O)[C@H](CCCCN)NC(=O)[C@@H](N)Cc2ccccc2)c(C)c1. The van der Waals surface area contributed by atoms with Crippen LogP contribution in [0, 0.1) is 20.8 Å². The molecule has 0 aliphatic rings. The van der Waals surface area contributed by atoms with Gasteiger partial charge in [0.1, 0.15) is 6.61 Å². The van der Waals surface area contributed by atoms with E-state index < -0.39 is 47.6 Å².